The van der Waals surface area contributed by atoms with Gasteiger partial charge in [0.15, 0.2) is 11.2 Å². The summed E-state index contributed by atoms with van der Waals surface area (Å²) in [4.78, 5) is 44.3. The molecule has 3 rings (SSSR count). The second-order valence-corrected chi connectivity index (χ2v) is 5.59. The van der Waals surface area contributed by atoms with Crippen LogP contribution in [0.1, 0.15) is 12.8 Å². The second kappa shape index (κ2) is 5.00. The van der Waals surface area contributed by atoms with Gasteiger partial charge in [-0.2, -0.15) is 4.98 Å². The third-order valence-corrected chi connectivity index (χ3v) is 4.15. The maximum atomic E-state index is 12.1. The summed E-state index contributed by atoms with van der Waals surface area (Å²) in [7, 11) is 2.96. The first-order chi connectivity index (χ1) is 10.4. The van der Waals surface area contributed by atoms with Gasteiger partial charge in [-0.25, -0.2) is 4.79 Å². The highest BCUT2D eigenvalue weighted by Gasteiger charge is 2.27. The number of hydrogen-bond acceptors (Lipinski definition) is 5. The number of piperidine rings is 1. The average Bonchev–Trinajstić information content (AvgIpc) is 2.96. The maximum Gasteiger partial charge on any atom is 0.332 e. The number of aliphatic carboxylic acids is 1. The number of aromatic nitrogens is 4. The van der Waals surface area contributed by atoms with Gasteiger partial charge in [-0.05, 0) is 12.8 Å². The zero-order valence-electron chi connectivity index (χ0n) is 12.4. The number of carbonyl (C=O) groups is 1. The minimum atomic E-state index is -0.830. The molecule has 1 aliphatic rings. The molecule has 2 N–H and O–H groups in total. The molecule has 0 aromatic carbocycles. The molecule has 1 fully saturated rings. The summed E-state index contributed by atoms with van der Waals surface area (Å²) in [6.07, 6.45) is 1.37. The predicted octanol–water partition coefficient (Wildman–Crippen LogP) is -0.739. The first-order valence-corrected chi connectivity index (χ1v) is 7.03. The number of nitrogens with zero attached hydrogens (tertiary/aromatic N) is 4. The molecular weight excluding hydrogens is 290 g/mol. The van der Waals surface area contributed by atoms with Gasteiger partial charge >= 0.3 is 11.7 Å². The Balaban J connectivity index is 2.08. The number of imidazole rings is 1. The van der Waals surface area contributed by atoms with Crippen molar-refractivity contribution < 1.29 is 9.90 Å². The smallest absolute Gasteiger partial charge is 0.332 e. The molecular formula is C13H17N5O4. The van der Waals surface area contributed by atoms with E-state index < -0.39 is 23.1 Å². The summed E-state index contributed by atoms with van der Waals surface area (Å²) in [6, 6.07) is 0. The molecule has 0 spiro atoms. The Labute approximate surface area is 124 Å². The van der Waals surface area contributed by atoms with Gasteiger partial charge in [-0.1, -0.05) is 0 Å². The van der Waals surface area contributed by atoms with Crippen molar-refractivity contribution >= 4 is 23.1 Å². The Morgan fingerprint density at radius 3 is 2.73 bits per heavy atom. The van der Waals surface area contributed by atoms with Crippen LogP contribution in [0.5, 0.6) is 0 Å². The standard InChI is InChI=1S/C13H17N5O4/c1-16-9-8(10(19)17(2)13(16)22)14-12(15-9)18-5-3-4-7(6-18)11(20)21/h7H,3-6H2,1-2H3,(H,14,15)(H,20,21)/t7-/m0/s1. The van der Waals surface area contributed by atoms with Gasteiger partial charge in [-0.15, -0.1) is 0 Å². The Morgan fingerprint density at radius 1 is 1.32 bits per heavy atom. The van der Waals surface area contributed by atoms with Gasteiger partial charge in [0.25, 0.3) is 5.56 Å². The molecule has 1 saturated heterocycles. The number of rotatable bonds is 2. The van der Waals surface area contributed by atoms with E-state index in [0.717, 1.165) is 11.0 Å². The number of aromatic amines is 1. The maximum absolute atomic E-state index is 12.1. The van der Waals surface area contributed by atoms with Crippen LogP contribution in [0.4, 0.5) is 5.95 Å². The van der Waals surface area contributed by atoms with Crippen LogP contribution in [-0.2, 0) is 18.9 Å². The molecule has 2 aromatic heterocycles. The first-order valence-electron chi connectivity index (χ1n) is 7.03. The number of H-pyrrole nitrogens is 1. The monoisotopic (exact) mass is 307 g/mol. The summed E-state index contributed by atoms with van der Waals surface area (Å²) >= 11 is 0. The lowest BCUT2D eigenvalue weighted by atomic mass is 9.99. The van der Waals surface area contributed by atoms with E-state index in [1.807, 2.05) is 4.90 Å². The van der Waals surface area contributed by atoms with Crippen molar-refractivity contribution in [3.63, 3.8) is 0 Å². The van der Waals surface area contributed by atoms with Crippen molar-refractivity contribution in [2.24, 2.45) is 20.0 Å². The molecule has 1 aliphatic heterocycles. The molecule has 0 bridgehead atoms. The van der Waals surface area contributed by atoms with Gasteiger partial charge in [0, 0.05) is 27.2 Å². The summed E-state index contributed by atoms with van der Waals surface area (Å²) in [6.45, 7) is 1.00. The third-order valence-electron chi connectivity index (χ3n) is 4.15. The van der Waals surface area contributed by atoms with Crippen LogP contribution in [0.3, 0.4) is 0 Å². The molecule has 2 aromatic rings. The minimum Gasteiger partial charge on any atom is -0.481 e. The lowest BCUT2D eigenvalue weighted by Gasteiger charge is -2.30. The van der Waals surface area contributed by atoms with Crippen LogP contribution in [-0.4, -0.2) is 43.3 Å². The number of carboxylic acid groups (broad SMARTS) is 1. The zero-order chi connectivity index (χ0) is 16.0. The van der Waals surface area contributed by atoms with Crippen molar-refractivity contribution in [2.75, 3.05) is 18.0 Å². The van der Waals surface area contributed by atoms with Gasteiger partial charge in [-0.3, -0.25) is 18.7 Å². The van der Waals surface area contributed by atoms with E-state index >= 15 is 0 Å². The molecule has 1 atom stereocenters. The van der Waals surface area contributed by atoms with E-state index in [0.29, 0.717) is 25.5 Å². The summed E-state index contributed by atoms with van der Waals surface area (Å²) < 4.78 is 2.32. The fourth-order valence-corrected chi connectivity index (χ4v) is 2.83. The summed E-state index contributed by atoms with van der Waals surface area (Å²) in [5.74, 6) is -0.850. The molecule has 0 aliphatic carbocycles. The second-order valence-electron chi connectivity index (χ2n) is 5.59. The Hall–Kier alpha value is -2.58. The van der Waals surface area contributed by atoms with Crippen LogP contribution < -0.4 is 16.1 Å². The molecule has 0 radical (unpaired) electrons. The number of aryl methyl sites for hydroxylation is 1. The largest absolute Gasteiger partial charge is 0.481 e. The molecule has 3 heterocycles. The van der Waals surface area contributed by atoms with Crippen molar-refractivity contribution in [1.82, 2.24) is 19.1 Å². The normalized spacial score (nSPS) is 18.8. The van der Waals surface area contributed by atoms with E-state index in [1.54, 1.807) is 7.05 Å². The summed E-state index contributed by atoms with van der Waals surface area (Å²) in [5, 5.41) is 9.15. The fraction of sp³-hybridized carbons (Fsp3) is 0.538. The molecule has 118 valence electrons. The topological polar surface area (TPSA) is 113 Å². The molecule has 9 heteroatoms. The Morgan fingerprint density at radius 2 is 2.05 bits per heavy atom. The molecule has 9 nitrogen and oxygen atoms in total. The predicted molar refractivity (Wildman–Crippen MR) is 79.1 cm³/mol. The van der Waals surface area contributed by atoms with Crippen LogP contribution in [0.15, 0.2) is 9.59 Å². The van der Waals surface area contributed by atoms with Gasteiger partial charge in [0.2, 0.25) is 5.95 Å². The lowest BCUT2D eigenvalue weighted by molar-refractivity contribution is -0.141. The highest BCUT2D eigenvalue weighted by atomic mass is 16.4. The van der Waals surface area contributed by atoms with Gasteiger partial charge in [0.1, 0.15) is 0 Å². The number of nitrogens with one attached hydrogen (secondary N) is 1. The van der Waals surface area contributed by atoms with E-state index in [2.05, 4.69) is 9.97 Å². The molecule has 0 saturated carbocycles. The van der Waals surface area contributed by atoms with E-state index in [9.17, 15) is 14.4 Å². The van der Waals surface area contributed by atoms with E-state index in [1.165, 1.54) is 11.6 Å². The van der Waals surface area contributed by atoms with Crippen molar-refractivity contribution in [3.05, 3.63) is 20.8 Å². The van der Waals surface area contributed by atoms with Crippen molar-refractivity contribution in [2.45, 2.75) is 12.8 Å². The lowest BCUT2D eigenvalue weighted by Crippen LogP contribution is -2.39. The number of hydrogen-bond donors (Lipinski definition) is 2. The third kappa shape index (κ3) is 2.09. The molecule has 22 heavy (non-hydrogen) atoms. The van der Waals surface area contributed by atoms with Crippen molar-refractivity contribution in [1.29, 1.82) is 0 Å². The molecule has 0 amide bonds. The van der Waals surface area contributed by atoms with Crippen LogP contribution in [0, 0.1) is 5.92 Å². The van der Waals surface area contributed by atoms with Crippen LogP contribution in [0.25, 0.3) is 11.2 Å². The number of anilines is 1. The SMILES string of the molecule is Cn1c(=O)c2[nH]c(N3CCC[C@H](C(=O)O)C3)nc2n(C)c1=O. The highest BCUT2D eigenvalue weighted by molar-refractivity contribution is 5.74. The zero-order valence-corrected chi connectivity index (χ0v) is 12.4. The van der Waals surface area contributed by atoms with Crippen LogP contribution in [0.2, 0.25) is 0 Å². The number of fused-ring (bicyclic) bond motifs is 1. The number of carboxylic acids is 1. The van der Waals surface area contributed by atoms with Crippen LogP contribution >= 0.6 is 0 Å². The molecule has 0 unspecified atom stereocenters. The van der Waals surface area contributed by atoms with Gasteiger partial charge in [0.05, 0.1) is 5.92 Å². The van der Waals surface area contributed by atoms with E-state index in [-0.39, 0.29) is 11.2 Å². The van der Waals surface area contributed by atoms with E-state index in [4.69, 9.17) is 5.11 Å². The average molecular weight is 307 g/mol. The highest BCUT2D eigenvalue weighted by Crippen LogP contribution is 2.22. The van der Waals surface area contributed by atoms with Gasteiger partial charge < -0.3 is 15.0 Å². The van der Waals surface area contributed by atoms with Crippen molar-refractivity contribution in [3.8, 4) is 0 Å². The summed E-state index contributed by atoms with van der Waals surface area (Å²) in [5.41, 5.74) is -0.362. The quantitative estimate of drug-likeness (QED) is 0.755. The fourth-order valence-electron chi connectivity index (χ4n) is 2.83. The first kappa shape index (κ1) is 14.4. The minimum absolute atomic E-state index is 0.247. The Kier molecular flexibility index (Phi) is 3.27. The Bertz CT molecular complexity index is 862.